The number of anilines is 1. The van der Waals surface area contributed by atoms with Gasteiger partial charge in [0.1, 0.15) is 12.1 Å². The molecule has 4 rings (SSSR count). The van der Waals surface area contributed by atoms with E-state index in [0.717, 1.165) is 40.1 Å². The van der Waals surface area contributed by atoms with Gasteiger partial charge in [0.05, 0.1) is 31.2 Å². The van der Waals surface area contributed by atoms with Crippen LogP contribution in [0.25, 0.3) is 11.1 Å². The van der Waals surface area contributed by atoms with Crippen molar-refractivity contribution in [2.45, 2.75) is 102 Å². The zero-order valence-electron chi connectivity index (χ0n) is 34.7. The van der Waals surface area contributed by atoms with Gasteiger partial charge in [0.15, 0.2) is 11.5 Å². The number of hydrogen-bond donors (Lipinski definition) is 1. The van der Waals surface area contributed by atoms with Gasteiger partial charge in [0.25, 0.3) is 0 Å². The lowest BCUT2D eigenvalue weighted by Gasteiger charge is -2.12. The molecule has 0 saturated heterocycles. The fourth-order valence-corrected chi connectivity index (χ4v) is 5.22. The monoisotopic (exact) mass is 732 g/mol. The zero-order chi connectivity index (χ0) is 40.1. The third-order valence-electron chi connectivity index (χ3n) is 6.92. The first-order valence-corrected chi connectivity index (χ1v) is 19.0. The summed E-state index contributed by atoms with van der Waals surface area (Å²) in [5.41, 5.74) is 13.2. The Morgan fingerprint density at radius 2 is 1.38 bits per heavy atom. The lowest BCUT2D eigenvalue weighted by atomic mass is 10.1. The molecule has 0 bridgehead atoms. The minimum Gasteiger partial charge on any atom is -0.493 e. The van der Waals surface area contributed by atoms with Crippen LogP contribution in [0.15, 0.2) is 79.4 Å². The van der Waals surface area contributed by atoms with Gasteiger partial charge in [-0.1, -0.05) is 121 Å². The molecule has 0 radical (unpaired) electrons. The molecule has 0 amide bonds. The van der Waals surface area contributed by atoms with Gasteiger partial charge >= 0.3 is 0 Å². The van der Waals surface area contributed by atoms with Gasteiger partial charge < -0.3 is 24.7 Å². The van der Waals surface area contributed by atoms with E-state index >= 15 is 0 Å². The summed E-state index contributed by atoms with van der Waals surface area (Å²) in [4.78, 5) is 14.8. The van der Waals surface area contributed by atoms with Crippen molar-refractivity contribution in [3.8, 4) is 17.2 Å². The molecule has 1 aromatic heterocycles. The normalized spacial score (nSPS) is 9.79. The van der Waals surface area contributed by atoms with Crippen molar-refractivity contribution >= 4 is 34.6 Å². The Bertz CT molecular complexity index is 1530. The second kappa shape index (κ2) is 30.3. The highest BCUT2D eigenvalue weighted by Gasteiger charge is 2.11. The highest BCUT2D eigenvalue weighted by Crippen LogP contribution is 2.37. The molecule has 2 N–H and O–H groups in total. The second-order valence-corrected chi connectivity index (χ2v) is 13.1. The Kier molecular flexibility index (Phi) is 29.0. The van der Waals surface area contributed by atoms with Crippen molar-refractivity contribution in [3.63, 3.8) is 0 Å². The van der Waals surface area contributed by atoms with Crippen molar-refractivity contribution in [2.75, 3.05) is 27.1 Å². The smallest absolute Gasteiger partial charge is 0.203 e. The molecule has 52 heavy (non-hydrogen) atoms. The lowest BCUT2D eigenvalue weighted by molar-refractivity contribution is -0.110. The van der Waals surface area contributed by atoms with Crippen LogP contribution in [0, 0.1) is 19.8 Å². The van der Waals surface area contributed by atoms with Crippen LogP contribution in [-0.2, 0) is 17.6 Å². The quantitative estimate of drug-likeness (QED) is 0.163. The summed E-state index contributed by atoms with van der Waals surface area (Å²) in [7, 11) is 4.81. The highest BCUT2D eigenvalue weighted by molar-refractivity contribution is 7.13. The third-order valence-corrected chi connectivity index (χ3v) is 8.21. The number of rotatable bonds is 10. The fourth-order valence-electron chi connectivity index (χ4n) is 4.21. The Morgan fingerprint density at radius 1 is 0.846 bits per heavy atom. The molecule has 0 saturated carbocycles. The summed E-state index contributed by atoms with van der Waals surface area (Å²) in [5.74, 6) is 2.86. The van der Waals surface area contributed by atoms with Crippen LogP contribution in [0.3, 0.4) is 0 Å². The number of benzene rings is 3. The molecule has 0 aliphatic carbocycles. The molecule has 0 fully saturated rings. The van der Waals surface area contributed by atoms with Crippen molar-refractivity contribution < 1.29 is 19.0 Å². The van der Waals surface area contributed by atoms with Crippen molar-refractivity contribution in [1.29, 1.82) is 0 Å². The van der Waals surface area contributed by atoms with Crippen LogP contribution in [0.2, 0.25) is 0 Å². The molecule has 0 aliphatic rings. The number of carbonyl (C=O) groups is 1. The summed E-state index contributed by atoms with van der Waals surface area (Å²) in [6.07, 6.45) is 7.63. The van der Waals surface area contributed by atoms with Gasteiger partial charge in [0.2, 0.25) is 5.75 Å². The summed E-state index contributed by atoms with van der Waals surface area (Å²) in [6.45, 7) is 26.1. The molecule has 3 aromatic carbocycles. The van der Waals surface area contributed by atoms with Crippen LogP contribution in [0.4, 0.5) is 5.82 Å². The van der Waals surface area contributed by atoms with Crippen molar-refractivity contribution in [1.82, 2.24) is 4.98 Å². The van der Waals surface area contributed by atoms with E-state index in [2.05, 4.69) is 107 Å². The Morgan fingerprint density at radius 3 is 1.77 bits per heavy atom. The van der Waals surface area contributed by atoms with E-state index in [-0.39, 0.29) is 5.92 Å². The summed E-state index contributed by atoms with van der Waals surface area (Å²) in [6, 6.07) is 22.9. The summed E-state index contributed by atoms with van der Waals surface area (Å²) < 4.78 is 15.5. The van der Waals surface area contributed by atoms with E-state index in [4.69, 9.17) is 19.9 Å². The van der Waals surface area contributed by atoms with Crippen LogP contribution >= 0.6 is 11.3 Å². The number of allylic oxidation sites excluding steroid dienone is 3. The molecule has 0 spiro atoms. The number of nitrogen functional groups attached to an aromatic ring is 1. The second-order valence-electron chi connectivity index (χ2n) is 12.0. The molecule has 7 heteroatoms. The maximum atomic E-state index is 9.50. The van der Waals surface area contributed by atoms with E-state index in [1.54, 1.807) is 32.7 Å². The topological polar surface area (TPSA) is 83.7 Å². The predicted molar refractivity (Wildman–Crippen MR) is 229 cm³/mol. The number of aldehydes is 1. The van der Waals surface area contributed by atoms with Gasteiger partial charge in [0, 0.05) is 5.92 Å². The van der Waals surface area contributed by atoms with Gasteiger partial charge in [-0.3, -0.25) is 0 Å². The number of hydrogen-bond acceptors (Lipinski definition) is 7. The van der Waals surface area contributed by atoms with E-state index in [1.165, 1.54) is 35.1 Å². The molecule has 0 unspecified atom stereocenters. The average molecular weight is 733 g/mol. The molecule has 0 aliphatic heterocycles. The number of nitrogens with zero attached hydrogens (tertiary/aromatic N) is 1. The summed E-state index contributed by atoms with van der Waals surface area (Å²) >= 11 is 1.66. The Balaban J connectivity index is 0. The first-order chi connectivity index (χ1) is 24.8. The number of ether oxygens (including phenoxy) is 3. The molecular weight excluding hydrogens is 665 g/mol. The number of aromatic nitrogens is 1. The summed E-state index contributed by atoms with van der Waals surface area (Å²) in [5, 5.41) is 1.12. The van der Waals surface area contributed by atoms with Crippen LogP contribution in [0.5, 0.6) is 17.2 Å². The van der Waals surface area contributed by atoms with Gasteiger partial charge in [-0.15, -0.1) is 11.3 Å². The molecule has 288 valence electrons. The van der Waals surface area contributed by atoms with Crippen molar-refractivity contribution in [3.05, 3.63) is 112 Å². The third kappa shape index (κ3) is 21.1. The number of aryl methyl sites for hydroxylation is 4. The minimum absolute atomic E-state index is 0.204. The predicted octanol–water partition coefficient (Wildman–Crippen LogP) is 12.7. The first-order valence-electron chi connectivity index (χ1n) is 18.2. The van der Waals surface area contributed by atoms with Gasteiger partial charge in [-0.2, -0.15) is 0 Å². The van der Waals surface area contributed by atoms with Crippen LogP contribution < -0.4 is 19.9 Å². The van der Waals surface area contributed by atoms with Crippen LogP contribution in [0.1, 0.15) is 107 Å². The van der Waals surface area contributed by atoms with E-state index < -0.39 is 0 Å². The number of nitrogens with two attached hydrogens (primary N) is 1. The Hall–Kier alpha value is -4.36. The van der Waals surface area contributed by atoms with Gasteiger partial charge in [-0.25, -0.2) is 4.98 Å². The lowest BCUT2D eigenvalue weighted by Crippen LogP contribution is -1.95. The van der Waals surface area contributed by atoms with Crippen molar-refractivity contribution in [2.24, 2.45) is 5.92 Å². The maximum Gasteiger partial charge on any atom is 0.203 e. The highest BCUT2D eigenvalue weighted by atomic mass is 32.1. The zero-order valence-corrected chi connectivity index (χ0v) is 35.5. The standard InChI is InChI=1S/C11H14.C10H14O3.C9H14N2S.C9H12.C4H8O.C2H6/c1-4-10(3)11-7-5-6-9(2)8-11;1-7-5-8(11-2)10(13-4)9(6-7)12-3;1-4-5-7-11-9(10)8(12-7)6(2)3;1-2-6-9-7-4-3-5-8-9;1-4(2)3-5;1-2/h4-8H,1-3H3;5-6H,1-4H3;2,4-5,10H2,1,3H3;3-5,7-8H,2,6H2,1H3;3-4H,1-2H3;1-2H3/b10-4+;;;;;. The number of thiazole rings is 1. The fraction of sp³-hybridized carbons (Fsp3) is 0.422. The molecule has 4 aromatic rings. The van der Waals surface area contributed by atoms with Gasteiger partial charge in [-0.05, 0) is 93.9 Å². The average Bonchev–Trinajstić information content (AvgIpc) is 3.53. The molecule has 0 atom stereocenters. The molecule has 6 nitrogen and oxygen atoms in total. The maximum absolute atomic E-state index is 9.50. The Labute approximate surface area is 321 Å². The first kappa shape index (κ1) is 49.8. The SMILES string of the molecule is C/C=C(\C)c1cccc(C)c1.C=C(C)c1sc(CCC)nc1N.CC.CC(C)C=O.CCCc1ccccc1.COc1cc(C)cc(OC)c1OC. The molecule has 1 heterocycles. The van der Waals surface area contributed by atoms with Crippen LogP contribution in [-0.4, -0.2) is 32.6 Å². The van der Waals surface area contributed by atoms with E-state index in [1.807, 2.05) is 53.7 Å². The largest absolute Gasteiger partial charge is 0.493 e. The van der Waals surface area contributed by atoms with E-state index in [0.29, 0.717) is 23.1 Å². The number of carbonyl (C=O) groups excluding carboxylic acids is 1. The minimum atomic E-state index is 0.204. The van der Waals surface area contributed by atoms with E-state index in [9.17, 15) is 4.79 Å². The molecular formula is C45H68N2O4S. The number of methoxy groups -OCH3 is 3.